The topological polar surface area (TPSA) is 74.9 Å². The minimum Gasteiger partial charge on any atom is -0.351 e. The van der Waals surface area contributed by atoms with Crippen molar-refractivity contribution in [3.8, 4) is 0 Å². The third-order valence-electron chi connectivity index (χ3n) is 6.36. The first-order valence-electron chi connectivity index (χ1n) is 11.3. The second-order valence-electron chi connectivity index (χ2n) is 8.61. The van der Waals surface area contributed by atoms with Crippen LogP contribution in [0.5, 0.6) is 0 Å². The molecule has 0 spiro atoms. The van der Waals surface area contributed by atoms with Crippen LogP contribution in [0, 0.1) is 0 Å². The molecule has 0 radical (unpaired) electrons. The zero-order chi connectivity index (χ0) is 22.8. The largest absolute Gasteiger partial charge is 0.351 e. The molecule has 0 bridgehead atoms. The second-order valence-corrected chi connectivity index (χ2v) is 8.61. The number of piperazine rings is 1. The van der Waals surface area contributed by atoms with Gasteiger partial charge in [0.1, 0.15) is 5.52 Å². The molecule has 0 atom stereocenters. The van der Waals surface area contributed by atoms with Gasteiger partial charge in [0, 0.05) is 44.8 Å². The van der Waals surface area contributed by atoms with Crippen LogP contribution in [0.25, 0.3) is 16.6 Å². The molecule has 0 unspecified atom stereocenters. The van der Waals surface area contributed by atoms with E-state index in [0.717, 1.165) is 43.8 Å². The number of hydrogen-bond donors (Lipinski definition) is 1. The molecule has 2 aromatic carbocycles. The van der Waals surface area contributed by atoms with Crippen molar-refractivity contribution in [3.05, 3.63) is 82.3 Å². The highest BCUT2D eigenvalue weighted by Gasteiger charge is 2.16. The molecule has 170 valence electrons. The van der Waals surface area contributed by atoms with Gasteiger partial charge in [-0.05, 0) is 36.9 Å². The summed E-state index contributed by atoms with van der Waals surface area (Å²) >= 11 is 0. The predicted octanol–water partition coefficient (Wildman–Crippen LogP) is 1.67. The molecule has 8 heteroatoms. The molecule has 33 heavy (non-hydrogen) atoms. The van der Waals surface area contributed by atoms with Crippen LogP contribution < -0.4 is 10.9 Å². The normalized spacial score (nSPS) is 15.3. The Hall–Kier alpha value is -3.49. The zero-order valence-electron chi connectivity index (χ0n) is 18.8. The van der Waals surface area contributed by atoms with Gasteiger partial charge in [-0.1, -0.05) is 30.3 Å². The van der Waals surface area contributed by atoms with Crippen LogP contribution in [0.1, 0.15) is 15.9 Å². The first-order chi connectivity index (χ1) is 16.1. The second kappa shape index (κ2) is 9.17. The minimum atomic E-state index is -0.134. The lowest BCUT2D eigenvalue weighted by Gasteiger charge is -2.32. The number of aromatic nitrogens is 3. The maximum Gasteiger partial charge on any atom is 0.277 e. The van der Waals surface area contributed by atoms with E-state index in [1.54, 1.807) is 33.5 Å². The molecule has 1 aliphatic heterocycles. The van der Waals surface area contributed by atoms with Gasteiger partial charge in [0.15, 0.2) is 0 Å². The first kappa shape index (κ1) is 21.4. The Balaban J connectivity index is 1.42. The SMILES string of the molecule is CN1CCN(CCNC(=O)c2ccc3c(c2)n(Cc2ccccc2)c(=O)c2ccnn23)CC1. The number of amides is 1. The van der Waals surface area contributed by atoms with E-state index in [1.165, 1.54) is 0 Å². The quantitative estimate of drug-likeness (QED) is 0.490. The Morgan fingerprint density at radius 2 is 1.76 bits per heavy atom. The summed E-state index contributed by atoms with van der Waals surface area (Å²) in [5, 5.41) is 7.36. The van der Waals surface area contributed by atoms with Gasteiger partial charge >= 0.3 is 0 Å². The molecule has 4 aromatic rings. The molecular formula is C25H28N6O2. The smallest absolute Gasteiger partial charge is 0.277 e. The molecule has 1 N–H and O–H groups in total. The van der Waals surface area contributed by atoms with Gasteiger partial charge in [0.05, 0.1) is 23.8 Å². The number of fused-ring (bicyclic) bond motifs is 3. The van der Waals surface area contributed by atoms with Gasteiger partial charge in [0.25, 0.3) is 11.5 Å². The fourth-order valence-corrected chi connectivity index (χ4v) is 4.39. The molecule has 0 saturated carbocycles. The van der Waals surface area contributed by atoms with Gasteiger partial charge in [-0.2, -0.15) is 5.10 Å². The number of carbonyl (C=O) groups is 1. The van der Waals surface area contributed by atoms with Crippen LogP contribution in [0.4, 0.5) is 0 Å². The van der Waals surface area contributed by atoms with Crippen molar-refractivity contribution in [1.82, 2.24) is 29.3 Å². The molecule has 8 nitrogen and oxygen atoms in total. The van der Waals surface area contributed by atoms with Crippen LogP contribution in [0.2, 0.25) is 0 Å². The molecule has 2 aromatic heterocycles. The van der Waals surface area contributed by atoms with Crippen molar-refractivity contribution in [2.45, 2.75) is 6.54 Å². The van der Waals surface area contributed by atoms with Crippen LogP contribution in [-0.2, 0) is 6.54 Å². The van der Waals surface area contributed by atoms with E-state index in [4.69, 9.17) is 0 Å². The van der Waals surface area contributed by atoms with Gasteiger partial charge < -0.3 is 14.8 Å². The van der Waals surface area contributed by atoms with Gasteiger partial charge in [-0.15, -0.1) is 0 Å². The molecular weight excluding hydrogens is 416 g/mol. The lowest BCUT2D eigenvalue weighted by molar-refractivity contribution is 0.0941. The fourth-order valence-electron chi connectivity index (χ4n) is 4.39. The zero-order valence-corrected chi connectivity index (χ0v) is 18.8. The first-order valence-corrected chi connectivity index (χ1v) is 11.3. The number of likely N-dealkylation sites (N-methyl/N-ethyl adjacent to an activating group) is 1. The Kier molecular flexibility index (Phi) is 5.93. The Morgan fingerprint density at radius 1 is 0.970 bits per heavy atom. The summed E-state index contributed by atoms with van der Waals surface area (Å²) in [6.45, 7) is 6.00. The molecule has 1 aliphatic rings. The summed E-state index contributed by atoms with van der Waals surface area (Å²) in [6, 6.07) is 17.0. The number of rotatable bonds is 6. The standard InChI is InChI=1S/C25H28N6O2/c1-28-13-15-29(16-14-28)12-11-26-24(32)20-7-8-21-23(17-20)30(18-19-5-3-2-4-6-19)25(33)22-9-10-27-31(21)22/h2-10,17H,11-16,18H2,1H3,(H,26,32). The summed E-state index contributed by atoms with van der Waals surface area (Å²) in [6.07, 6.45) is 1.63. The van der Waals surface area contributed by atoms with Crippen molar-refractivity contribution < 1.29 is 4.79 Å². The van der Waals surface area contributed by atoms with Crippen molar-refractivity contribution in [1.29, 1.82) is 0 Å². The van der Waals surface area contributed by atoms with Gasteiger partial charge in [0.2, 0.25) is 0 Å². The van der Waals surface area contributed by atoms with E-state index in [9.17, 15) is 9.59 Å². The number of benzene rings is 2. The van der Waals surface area contributed by atoms with Crippen LogP contribution in [0.3, 0.4) is 0 Å². The highest BCUT2D eigenvalue weighted by molar-refractivity contribution is 5.97. The van der Waals surface area contributed by atoms with E-state index < -0.39 is 0 Å². The summed E-state index contributed by atoms with van der Waals surface area (Å²) in [7, 11) is 2.13. The lowest BCUT2D eigenvalue weighted by Crippen LogP contribution is -2.46. The average Bonchev–Trinajstić information content (AvgIpc) is 3.34. The van der Waals surface area contributed by atoms with E-state index in [0.29, 0.717) is 29.7 Å². The summed E-state index contributed by atoms with van der Waals surface area (Å²) in [5.74, 6) is -0.134. The molecule has 1 fully saturated rings. The highest BCUT2D eigenvalue weighted by atomic mass is 16.1. The average molecular weight is 445 g/mol. The van der Waals surface area contributed by atoms with Crippen LogP contribution >= 0.6 is 0 Å². The Morgan fingerprint density at radius 3 is 2.55 bits per heavy atom. The summed E-state index contributed by atoms with van der Waals surface area (Å²) in [5.41, 5.74) is 3.42. The van der Waals surface area contributed by atoms with E-state index in [2.05, 4.69) is 27.3 Å². The van der Waals surface area contributed by atoms with E-state index in [-0.39, 0.29) is 11.5 Å². The lowest BCUT2D eigenvalue weighted by atomic mass is 10.1. The third kappa shape index (κ3) is 4.40. The maximum atomic E-state index is 13.3. The third-order valence-corrected chi connectivity index (χ3v) is 6.36. The number of carbonyl (C=O) groups excluding carboxylic acids is 1. The number of nitrogens with zero attached hydrogens (tertiary/aromatic N) is 5. The van der Waals surface area contributed by atoms with Crippen molar-refractivity contribution in [2.75, 3.05) is 46.3 Å². The number of nitrogens with one attached hydrogen (secondary N) is 1. The minimum absolute atomic E-state index is 0.128. The highest BCUT2D eigenvalue weighted by Crippen LogP contribution is 2.18. The Labute approximate surface area is 192 Å². The molecule has 1 amide bonds. The van der Waals surface area contributed by atoms with Crippen LogP contribution in [0.15, 0.2) is 65.6 Å². The van der Waals surface area contributed by atoms with Gasteiger partial charge in [-0.3, -0.25) is 14.5 Å². The van der Waals surface area contributed by atoms with E-state index in [1.807, 2.05) is 36.4 Å². The van der Waals surface area contributed by atoms with E-state index >= 15 is 0 Å². The summed E-state index contributed by atoms with van der Waals surface area (Å²) in [4.78, 5) is 30.8. The fraction of sp³-hybridized carbons (Fsp3) is 0.320. The van der Waals surface area contributed by atoms with Crippen molar-refractivity contribution in [2.24, 2.45) is 0 Å². The Bertz CT molecular complexity index is 1340. The summed E-state index contributed by atoms with van der Waals surface area (Å²) < 4.78 is 3.37. The molecule has 3 heterocycles. The predicted molar refractivity (Wildman–Crippen MR) is 129 cm³/mol. The van der Waals surface area contributed by atoms with Gasteiger partial charge in [-0.25, -0.2) is 4.52 Å². The number of hydrogen-bond acceptors (Lipinski definition) is 5. The monoisotopic (exact) mass is 444 g/mol. The maximum absolute atomic E-state index is 13.3. The molecule has 0 aliphatic carbocycles. The van der Waals surface area contributed by atoms with Crippen molar-refractivity contribution in [3.63, 3.8) is 0 Å². The molecule has 5 rings (SSSR count). The van der Waals surface area contributed by atoms with Crippen LogP contribution in [-0.4, -0.2) is 76.2 Å². The molecule has 1 saturated heterocycles. The van der Waals surface area contributed by atoms with Crippen molar-refractivity contribution >= 4 is 22.5 Å².